The van der Waals surface area contributed by atoms with Crippen LogP contribution in [0.4, 0.5) is 4.79 Å². The predicted octanol–water partition coefficient (Wildman–Crippen LogP) is 3.24. The number of likely N-dealkylation sites (N-methyl/N-ethyl adjacent to an activating group) is 1. The molecular formula is C21H18Cl2N4O3. The third-order valence-electron chi connectivity index (χ3n) is 5.28. The molecule has 2 aliphatic heterocycles. The second kappa shape index (κ2) is 8.01. The van der Waals surface area contributed by atoms with E-state index in [1.165, 1.54) is 18.3 Å². The molecule has 2 aromatic carbocycles. The lowest BCUT2D eigenvalue weighted by molar-refractivity contribution is -0.122. The average molecular weight is 445 g/mol. The summed E-state index contributed by atoms with van der Waals surface area (Å²) in [6.07, 6.45) is 1.44. The number of fused-ring (bicyclic) bond motifs is 1. The quantitative estimate of drug-likeness (QED) is 0.678. The van der Waals surface area contributed by atoms with Crippen LogP contribution in [0.5, 0.6) is 0 Å². The number of carbonyl (C=O) groups is 3. The Hall–Kier alpha value is -3.03. The maximum Gasteiger partial charge on any atom is 0.328 e. The fourth-order valence-electron chi connectivity index (χ4n) is 3.61. The highest BCUT2D eigenvalue weighted by Gasteiger charge is 2.54. The fourth-order valence-corrected chi connectivity index (χ4v) is 3.74. The van der Waals surface area contributed by atoms with Crippen LogP contribution in [0.3, 0.4) is 0 Å². The second-order valence-electron chi connectivity index (χ2n) is 6.91. The van der Waals surface area contributed by atoms with Crippen LogP contribution in [0.2, 0.25) is 5.02 Å². The number of hydrogen-bond donors (Lipinski definition) is 0. The van der Waals surface area contributed by atoms with Crippen molar-refractivity contribution < 1.29 is 14.4 Å². The molecule has 30 heavy (non-hydrogen) atoms. The molecule has 2 heterocycles. The van der Waals surface area contributed by atoms with E-state index in [0.29, 0.717) is 21.7 Å². The van der Waals surface area contributed by atoms with Crippen LogP contribution in [0.15, 0.2) is 58.5 Å². The molecule has 154 valence electrons. The lowest BCUT2D eigenvalue weighted by Crippen LogP contribution is -2.66. The van der Waals surface area contributed by atoms with Gasteiger partial charge in [-0.3, -0.25) is 19.4 Å². The van der Waals surface area contributed by atoms with Gasteiger partial charge >= 0.3 is 6.03 Å². The van der Waals surface area contributed by atoms with Gasteiger partial charge in [0, 0.05) is 36.7 Å². The van der Waals surface area contributed by atoms with E-state index in [1.807, 2.05) is 0 Å². The van der Waals surface area contributed by atoms with Gasteiger partial charge in [-0.15, -0.1) is 12.4 Å². The van der Waals surface area contributed by atoms with Crippen molar-refractivity contribution in [3.05, 3.63) is 70.2 Å². The molecule has 0 spiro atoms. The van der Waals surface area contributed by atoms with Crippen LogP contribution in [-0.2, 0) is 11.2 Å². The Balaban J connectivity index is 0.00000256. The summed E-state index contributed by atoms with van der Waals surface area (Å²) in [7, 11) is 2.98. The Kier molecular flexibility index (Phi) is 5.78. The van der Waals surface area contributed by atoms with Crippen LogP contribution in [-0.4, -0.2) is 59.3 Å². The average Bonchev–Trinajstić information content (AvgIpc) is 3.16. The number of rotatable bonds is 4. The van der Waals surface area contributed by atoms with E-state index in [0.717, 1.165) is 4.90 Å². The van der Waals surface area contributed by atoms with Gasteiger partial charge in [0.2, 0.25) is 0 Å². The molecule has 0 aromatic heterocycles. The summed E-state index contributed by atoms with van der Waals surface area (Å²) in [5.74, 6) is -0.672. The third-order valence-corrected chi connectivity index (χ3v) is 5.53. The maximum atomic E-state index is 13.1. The van der Waals surface area contributed by atoms with E-state index in [-0.39, 0.29) is 30.3 Å². The number of carbonyl (C=O) groups excluding carboxylic acids is 3. The van der Waals surface area contributed by atoms with E-state index in [1.54, 1.807) is 55.6 Å². The number of ketones is 1. The Morgan fingerprint density at radius 2 is 1.73 bits per heavy atom. The zero-order valence-corrected chi connectivity index (χ0v) is 17.8. The number of aliphatic imine (C=N–C) groups is 2. The molecule has 0 radical (unpaired) electrons. The monoisotopic (exact) mass is 444 g/mol. The zero-order chi connectivity index (χ0) is 20.8. The number of imide groups is 1. The van der Waals surface area contributed by atoms with Crippen LogP contribution < -0.4 is 0 Å². The molecule has 0 aliphatic carbocycles. The van der Waals surface area contributed by atoms with Crippen molar-refractivity contribution in [3.8, 4) is 0 Å². The summed E-state index contributed by atoms with van der Waals surface area (Å²) in [5.41, 5.74) is 0.522. The number of urea groups is 1. The van der Waals surface area contributed by atoms with Crippen LogP contribution in [0.25, 0.3) is 0 Å². The largest absolute Gasteiger partial charge is 0.328 e. The highest BCUT2D eigenvalue weighted by Crippen LogP contribution is 2.33. The van der Waals surface area contributed by atoms with E-state index in [2.05, 4.69) is 9.98 Å². The summed E-state index contributed by atoms with van der Waals surface area (Å²) in [4.78, 5) is 49.2. The van der Waals surface area contributed by atoms with Gasteiger partial charge in [-0.25, -0.2) is 14.8 Å². The maximum absolute atomic E-state index is 13.1. The van der Waals surface area contributed by atoms with Gasteiger partial charge in [0.05, 0.1) is 0 Å². The van der Waals surface area contributed by atoms with Crippen molar-refractivity contribution in [1.29, 1.82) is 0 Å². The molecule has 4 rings (SSSR count). The molecule has 0 N–H and O–H groups in total. The highest BCUT2D eigenvalue weighted by molar-refractivity contribution is 6.48. The van der Waals surface area contributed by atoms with E-state index >= 15 is 0 Å². The van der Waals surface area contributed by atoms with Crippen molar-refractivity contribution in [2.45, 2.75) is 12.1 Å². The molecule has 2 aromatic rings. The summed E-state index contributed by atoms with van der Waals surface area (Å²) in [5, 5.41) is 0.542. The molecule has 9 heteroatoms. The first-order valence-electron chi connectivity index (χ1n) is 8.91. The highest BCUT2D eigenvalue weighted by atomic mass is 35.5. The number of hydrogen-bond acceptors (Lipinski definition) is 5. The van der Waals surface area contributed by atoms with Crippen molar-refractivity contribution in [3.63, 3.8) is 0 Å². The van der Waals surface area contributed by atoms with Gasteiger partial charge in [0.1, 0.15) is 6.34 Å². The number of halogens is 2. The lowest BCUT2D eigenvalue weighted by Gasteiger charge is -2.43. The summed E-state index contributed by atoms with van der Waals surface area (Å²) in [6, 6.07) is 13.2. The van der Waals surface area contributed by atoms with Gasteiger partial charge in [-0.05, 0) is 29.8 Å². The zero-order valence-electron chi connectivity index (χ0n) is 16.2. The fraction of sp³-hybridized carbons (Fsp3) is 0.190. The summed E-state index contributed by atoms with van der Waals surface area (Å²) >= 11 is 5.92. The second-order valence-corrected chi connectivity index (χ2v) is 7.35. The Labute approximate surface area is 184 Å². The summed E-state index contributed by atoms with van der Waals surface area (Å²) in [6.45, 7) is 0. The van der Waals surface area contributed by atoms with E-state index in [9.17, 15) is 14.4 Å². The molecular weight excluding hydrogens is 427 g/mol. The molecule has 2 aliphatic rings. The van der Waals surface area contributed by atoms with Crippen molar-refractivity contribution in [2.24, 2.45) is 9.98 Å². The van der Waals surface area contributed by atoms with Crippen molar-refractivity contribution >= 4 is 53.8 Å². The molecule has 0 bridgehead atoms. The third kappa shape index (κ3) is 3.30. The number of benzene rings is 2. The smallest absolute Gasteiger partial charge is 0.297 e. The standard InChI is InChI=1S/C21H17ClN4O3.ClH/c1-25-19(28)18-21(24-12-23-18,26(2)20(25)29)11-14-5-3-4-6-16(14)17(27)13-7-9-15(22)10-8-13;/h3-10,12H,11H2,1-2H3;1H. The van der Waals surface area contributed by atoms with Crippen LogP contribution >= 0.6 is 24.0 Å². The number of nitrogens with zero attached hydrogens (tertiary/aromatic N) is 4. The summed E-state index contributed by atoms with van der Waals surface area (Å²) < 4.78 is 0. The first-order chi connectivity index (χ1) is 13.8. The Morgan fingerprint density at radius 1 is 1.07 bits per heavy atom. The Bertz CT molecular complexity index is 1100. The first kappa shape index (κ1) is 21.7. The minimum Gasteiger partial charge on any atom is -0.297 e. The molecule has 1 atom stereocenters. The predicted molar refractivity (Wildman–Crippen MR) is 117 cm³/mol. The lowest BCUT2D eigenvalue weighted by atomic mass is 9.87. The van der Waals surface area contributed by atoms with Crippen LogP contribution in [0, 0.1) is 0 Å². The van der Waals surface area contributed by atoms with Gasteiger partial charge in [-0.2, -0.15) is 0 Å². The Morgan fingerprint density at radius 3 is 2.43 bits per heavy atom. The van der Waals surface area contributed by atoms with Crippen molar-refractivity contribution in [1.82, 2.24) is 9.80 Å². The van der Waals surface area contributed by atoms with Crippen LogP contribution in [0.1, 0.15) is 21.5 Å². The van der Waals surface area contributed by atoms with Gasteiger partial charge < -0.3 is 0 Å². The van der Waals surface area contributed by atoms with Gasteiger partial charge in [-0.1, -0.05) is 35.9 Å². The first-order valence-corrected chi connectivity index (χ1v) is 9.29. The van der Waals surface area contributed by atoms with E-state index < -0.39 is 17.6 Å². The molecule has 3 amide bonds. The van der Waals surface area contributed by atoms with Crippen molar-refractivity contribution in [2.75, 3.05) is 14.1 Å². The molecule has 1 saturated heterocycles. The minimum atomic E-state index is -1.27. The van der Waals surface area contributed by atoms with Gasteiger partial charge in [0.25, 0.3) is 5.91 Å². The van der Waals surface area contributed by atoms with E-state index in [4.69, 9.17) is 11.6 Å². The molecule has 0 saturated carbocycles. The minimum absolute atomic E-state index is 0. The SMILES string of the molecule is CN1C(=O)C2=NC=NC2(Cc2ccccc2C(=O)c2ccc(Cl)cc2)N(C)C1=O.Cl. The number of amides is 3. The molecule has 1 unspecified atom stereocenters. The van der Waals surface area contributed by atoms with Gasteiger partial charge in [0.15, 0.2) is 17.2 Å². The molecule has 7 nitrogen and oxygen atoms in total. The molecule has 1 fully saturated rings. The normalized spacial score (nSPS) is 20.0. The topological polar surface area (TPSA) is 82.4 Å².